The van der Waals surface area contributed by atoms with E-state index in [1.54, 1.807) is 0 Å². The van der Waals surface area contributed by atoms with E-state index in [0.717, 1.165) is 108 Å². The Hall–Kier alpha value is -1.94. The largest absolute Gasteiger partial charge is 0.472 e. The van der Waals surface area contributed by atoms with Crippen molar-refractivity contribution in [2.24, 2.45) is 17.8 Å². The predicted molar refractivity (Wildman–Crippen MR) is 423 cm³/mol. The molecule has 0 radical (unpaired) electrons. The van der Waals surface area contributed by atoms with E-state index in [1.165, 1.54) is 250 Å². The predicted octanol–water partition coefficient (Wildman–Crippen LogP) is 25.3. The highest BCUT2D eigenvalue weighted by molar-refractivity contribution is 7.47. The number of unbranched alkanes of at least 4 members (excludes halogenated alkanes) is 49. The van der Waals surface area contributed by atoms with Crippen molar-refractivity contribution in [3.63, 3.8) is 0 Å². The Bertz CT molecular complexity index is 1990. The quantitative estimate of drug-likeness (QED) is 0.0222. The maximum Gasteiger partial charge on any atom is 0.472 e. The fraction of sp³-hybridized carbons (Fsp3) is 0.952. The van der Waals surface area contributed by atoms with Crippen LogP contribution in [0.5, 0.6) is 0 Å². The minimum atomic E-state index is -4.96. The van der Waals surface area contributed by atoms with Crippen LogP contribution < -0.4 is 0 Å². The topological polar surface area (TPSA) is 237 Å². The normalized spacial score (nSPS) is 14.2. The van der Waals surface area contributed by atoms with Gasteiger partial charge in [0.25, 0.3) is 0 Å². The van der Waals surface area contributed by atoms with Gasteiger partial charge in [-0.1, -0.05) is 389 Å². The standard InChI is InChI=1S/C84H164O17P2/c1-8-10-11-12-13-14-27-37-44-51-58-65-81(86)94-71-80(101-84(89)68-61-54-47-40-33-32-36-43-50-57-64-77(7)9-2)74-99-103(92,93)97-70-78(85)69-96-102(90,91)98-73-79(72-95-82(87)66-59-52-45-38-30-25-22-21-24-29-35-42-49-56-63-76(5)6)100-83(88)67-60-53-46-39-31-26-20-18-16-15-17-19-23-28-34-41-48-55-62-75(3)4/h75-80,85H,8-74H2,1-7H3,(H,90,91)(H,92,93)/t77?,78-,79-,80-/m1/s1. The Morgan fingerprint density at radius 2 is 0.495 bits per heavy atom. The zero-order valence-corrected chi connectivity index (χ0v) is 69.6. The van der Waals surface area contributed by atoms with Crippen LogP contribution in [-0.2, 0) is 65.4 Å². The van der Waals surface area contributed by atoms with Crippen molar-refractivity contribution in [2.45, 2.75) is 458 Å². The molecule has 0 aliphatic rings. The van der Waals surface area contributed by atoms with Gasteiger partial charge >= 0.3 is 39.5 Å². The Labute approximate surface area is 632 Å². The van der Waals surface area contributed by atoms with Gasteiger partial charge in [-0.15, -0.1) is 0 Å². The van der Waals surface area contributed by atoms with Gasteiger partial charge in [0.1, 0.15) is 19.3 Å². The van der Waals surface area contributed by atoms with E-state index < -0.39 is 97.5 Å². The third-order valence-electron chi connectivity index (χ3n) is 20.0. The number of aliphatic hydroxyl groups is 1. The molecule has 0 saturated heterocycles. The molecule has 0 aromatic carbocycles. The monoisotopic (exact) mass is 1510 g/mol. The van der Waals surface area contributed by atoms with Crippen LogP contribution >= 0.6 is 15.6 Å². The number of aliphatic hydroxyl groups excluding tert-OH is 1. The molecule has 0 aliphatic heterocycles. The van der Waals surface area contributed by atoms with Crippen LogP contribution in [0.25, 0.3) is 0 Å². The molecule has 0 aliphatic carbocycles. The molecule has 19 heteroatoms. The molecule has 612 valence electrons. The molecule has 0 aromatic heterocycles. The molecule has 17 nitrogen and oxygen atoms in total. The summed E-state index contributed by atoms with van der Waals surface area (Å²) >= 11 is 0. The summed E-state index contributed by atoms with van der Waals surface area (Å²) in [6, 6.07) is 0. The van der Waals surface area contributed by atoms with Crippen molar-refractivity contribution in [3.8, 4) is 0 Å². The van der Waals surface area contributed by atoms with Crippen LogP contribution in [0.15, 0.2) is 0 Å². The maximum atomic E-state index is 13.1. The summed E-state index contributed by atoms with van der Waals surface area (Å²) in [5.74, 6) is 0.316. The minimum absolute atomic E-state index is 0.107. The van der Waals surface area contributed by atoms with E-state index in [0.29, 0.717) is 25.7 Å². The van der Waals surface area contributed by atoms with Crippen LogP contribution in [0.3, 0.4) is 0 Å². The second kappa shape index (κ2) is 74.2. The molecule has 0 aromatic rings. The molecule has 6 atom stereocenters. The lowest BCUT2D eigenvalue weighted by Crippen LogP contribution is -2.30. The number of phosphoric acid groups is 2. The first-order valence-corrected chi connectivity index (χ1v) is 46.4. The van der Waals surface area contributed by atoms with Gasteiger partial charge in [-0.25, -0.2) is 9.13 Å². The molecular formula is C84H164O17P2. The number of rotatable bonds is 82. The van der Waals surface area contributed by atoms with Gasteiger partial charge in [0.05, 0.1) is 26.4 Å². The second-order valence-corrected chi connectivity index (χ2v) is 34.3. The van der Waals surface area contributed by atoms with E-state index >= 15 is 0 Å². The first kappa shape index (κ1) is 101. The maximum absolute atomic E-state index is 13.1. The van der Waals surface area contributed by atoms with Gasteiger partial charge in [-0.05, 0) is 43.4 Å². The van der Waals surface area contributed by atoms with Gasteiger partial charge in [-0.2, -0.15) is 0 Å². The molecule has 3 N–H and O–H groups in total. The van der Waals surface area contributed by atoms with E-state index in [-0.39, 0.29) is 25.7 Å². The highest BCUT2D eigenvalue weighted by Gasteiger charge is 2.30. The van der Waals surface area contributed by atoms with Crippen LogP contribution in [-0.4, -0.2) is 96.7 Å². The van der Waals surface area contributed by atoms with E-state index in [1.807, 2.05) is 0 Å². The summed E-state index contributed by atoms with van der Waals surface area (Å²) in [5, 5.41) is 10.7. The number of hydrogen-bond acceptors (Lipinski definition) is 15. The fourth-order valence-electron chi connectivity index (χ4n) is 13.0. The van der Waals surface area contributed by atoms with Gasteiger partial charge in [-0.3, -0.25) is 37.3 Å². The van der Waals surface area contributed by atoms with Gasteiger partial charge < -0.3 is 33.8 Å². The average Bonchev–Trinajstić information content (AvgIpc) is 0.960. The lowest BCUT2D eigenvalue weighted by Gasteiger charge is -2.21. The van der Waals surface area contributed by atoms with E-state index in [9.17, 15) is 43.2 Å². The number of esters is 4. The fourth-order valence-corrected chi connectivity index (χ4v) is 14.6. The summed E-state index contributed by atoms with van der Waals surface area (Å²) in [4.78, 5) is 73.1. The Kier molecular flexibility index (Phi) is 72.8. The van der Waals surface area contributed by atoms with Crippen molar-refractivity contribution in [1.82, 2.24) is 0 Å². The molecule has 0 spiro atoms. The number of carbonyl (C=O) groups excluding carboxylic acids is 4. The van der Waals surface area contributed by atoms with Gasteiger partial charge in [0.2, 0.25) is 0 Å². The zero-order valence-electron chi connectivity index (χ0n) is 67.8. The van der Waals surface area contributed by atoms with Gasteiger partial charge in [0.15, 0.2) is 12.2 Å². The molecule has 0 fully saturated rings. The van der Waals surface area contributed by atoms with Gasteiger partial charge in [0, 0.05) is 25.7 Å². The minimum Gasteiger partial charge on any atom is -0.462 e. The second-order valence-electron chi connectivity index (χ2n) is 31.4. The highest BCUT2D eigenvalue weighted by Crippen LogP contribution is 2.45. The molecule has 0 saturated carbocycles. The van der Waals surface area contributed by atoms with Crippen LogP contribution in [0.2, 0.25) is 0 Å². The molecule has 103 heavy (non-hydrogen) atoms. The van der Waals surface area contributed by atoms with Crippen LogP contribution in [0.1, 0.15) is 440 Å². The lowest BCUT2D eigenvalue weighted by atomic mass is 9.99. The van der Waals surface area contributed by atoms with Crippen molar-refractivity contribution < 1.29 is 80.2 Å². The SMILES string of the molecule is CCCCCCCCCCCCCC(=O)OC[C@H](COP(=O)(O)OC[C@H](O)COP(=O)(O)OC[C@@H](COC(=O)CCCCCCCCCCCCCCCCC(C)C)OC(=O)CCCCCCCCCCCCCCCCCCCCC(C)C)OC(=O)CCCCCCCCCCCCC(C)CC. The third kappa shape index (κ3) is 76.6. The molecular weight excluding hydrogens is 1340 g/mol. The summed E-state index contributed by atoms with van der Waals surface area (Å²) in [6.45, 7) is 12.0. The average molecular weight is 1510 g/mol. The Balaban J connectivity index is 5.24. The Morgan fingerprint density at radius 3 is 0.738 bits per heavy atom. The lowest BCUT2D eigenvalue weighted by molar-refractivity contribution is -0.161. The summed E-state index contributed by atoms with van der Waals surface area (Å²) in [6.07, 6.45) is 63.7. The molecule has 0 amide bonds. The molecule has 0 bridgehead atoms. The molecule has 3 unspecified atom stereocenters. The number of carbonyl (C=O) groups is 4. The number of phosphoric ester groups is 2. The third-order valence-corrected chi connectivity index (χ3v) is 21.9. The Morgan fingerprint density at radius 1 is 0.282 bits per heavy atom. The van der Waals surface area contributed by atoms with Crippen LogP contribution in [0, 0.1) is 17.8 Å². The first-order valence-electron chi connectivity index (χ1n) is 43.4. The van der Waals surface area contributed by atoms with Crippen molar-refractivity contribution in [3.05, 3.63) is 0 Å². The van der Waals surface area contributed by atoms with E-state index in [4.69, 9.17) is 37.0 Å². The van der Waals surface area contributed by atoms with Crippen LogP contribution in [0.4, 0.5) is 0 Å². The summed E-state index contributed by atoms with van der Waals surface area (Å²) < 4.78 is 68.8. The van der Waals surface area contributed by atoms with Crippen molar-refractivity contribution in [2.75, 3.05) is 39.6 Å². The smallest absolute Gasteiger partial charge is 0.462 e. The summed E-state index contributed by atoms with van der Waals surface area (Å²) in [5.41, 5.74) is 0. The number of ether oxygens (including phenoxy) is 4. The molecule has 0 rings (SSSR count). The summed E-state index contributed by atoms with van der Waals surface area (Å²) in [7, 11) is -9.93. The first-order chi connectivity index (χ1) is 49.8. The number of hydrogen-bond donors (Lipinski definition) is 3. The zero-order chi connectivity index (χ0) is 75.8. The highest BCUT2D eigenvalue weighted by atomic mass is 31.2. The molecule has 0 heterocycles. The van der Waals surface area contributed by atoms with E-state index in [2.05, 4.69) is 48.5 Å². The van der Waals surface area contributed by atoms with Crippen molar-refractivity contribution in [1.29, 1.82) is 0 Å². The van der Waals surface area contributed by atoms with Crippen molar-refractivity contribution >= 4 is 39.5 Å².